The summed E-state index contributed by atoms with van der Waals surface area (Å²) in [7, 11) is 4.17. The van der Waals surface area contributed by atoms with Crippen molar-refractivity contribution in [2.24, 2.45) is 5.92 Å². The van der Waals surface area contributed by atoms with E-state index in [9.17, 15) is 4.79 Å². The van der Waals surface area contributed by atoms with Gasteiger partial charge in [0.2, 0.25) is 0 Å². The molecule has 3 heteroatoms. The Balaban J connectivity index is 2.51. The molecule has 1 aliphatic rings. The quantitative estimate of drug-likeness (QED) is 0.688. The predicted molar refractivity (Wildman–Crippen MR) is 67.6 cm³/mol. The fraction of sp³-hybridized carbons (Fsp3) is 0.923. The molecule has 0 aliphatic heterocycles. The molecule has 0 amide bonds. The van der Waals surface area contributed by atoms with Gasteiger partial charge in [0.25, 0.3) is 0 Å². The van der Waals surface area contributed by atoms with E-state index in [2.05, 4.69) is 37.7 Å². The van der Waals surface area contributed by atoms with Crippen molar-refractivity contribution in [3.63, 3.8) is 0 Å². The second-order valence-corrected chi connectivity index (χ2v) is 5.57. The van der Waals surface area contributed by atoms with Gasteiger partial charge >= 0.3 is 0 Å². The van der Waals surface area contributed by atoms with Gasteiger partial charge in [-0.05, 0) is 32.9 Å². The summed E-state index contributed by atoms with van der Waals surface area (Å²) >= 11 is 0. The van der Waals surface area contributed by atoms with Gasteiger partial charge in [0.15, 0.2) is 0 Å². The largest absolute Gasteiger partial charge is 0.308 e. The van der Waals surface area contributed by atoms with Crippen LogP contribution in [-0.4, -0.2) is 55.4 Å². The van der Waals surface area contributed by atoms with Crippen molar-refractivity contribution in [1.29, 1.82) is 0 Å². The molecule has 16 heavy (non-hydrogen) atoms. The molecule has 1 fully saturated rings. The molecule has 0 aromatic heterocycles. The predicted octanol–water partition coefficient (Wildman–Crippen LogP) is 1.63. The van der Waals surface area contributed by atoms with E-state index < -0.39 is 0 Å². The number of rotatable bonds is 6. The second kappa shape index (κ2) is 6.36. The van der Waals surface area contributed by atoms with E-state index >= 15 is 0 Å². The number of Topliss-reactive ketones (excluding diaryl/α,β-unsaturated/α-hetero) is 1. The SMILES string of the molecule is CC(C)CN(CCN(C)C)C1CCCC1=O. The maximum atomic E-state index is 11.8. The summed E-state index contributed by atoms with van der Waals surface area (Å²) in [5.74, 6) is 1.09. The molecule has 0 spiro atoms. The highest BCUT2D eigenvalue weighted by Crippen LogP contribution is 2.21. The third-order valence-corrected chi connectivity index (χ3v) is 3.15. The summed E-state index contributed by atoms with van der Waals surface area (Å²) in [6.07, 6.45) is 2.94. The monoisotopic (exact) mass is 226 g/mol. The van der Waals surface area contributed by atoms with Crippen LogP contribution in [0.25, 0.3) is 0 Å². The summed E-state index contributed by atoms with van der Waals surface area (Å²) in [6.45, 7) is 7.55. The lowest BCUT2D eigenvalue weighted by molar-refractivity contribution is -0.122. The highest BCUT2D eigenvalue weighted by Gasteiger charge is 2.30. The molecule has 1 unspecified atom stereocenters. The number of likely N-dealkylation sites (N-methyl/N-ethyl adjacent to an activating group) is 1. The molecule has 3 nitrogen and oxygen atoms in total. The summed E-state index contributed by atoms with van der Waals surface area (Å²) < 4.78 is 0. The molecular weight excluding hydrogens is 200 g/mol. The lowest BCUT2D eigenvalue weighted by Crippen LogP contribution is -2.43. The van der Waals surface area contributed by atoms with Crippen molar-refractivity contribution in [2.75, 3.05) is 33.7 Å². The first-order chi connectivity index (χ1) is 7.50. The maximum Gasteiger partial charge on any atom is 0.149 e. The zero-order chi connectivity index (χ0) is 12.1. The Morgan fingerprint density at radius 2 is 2.00 bits per heavy atom. The van der Waals surface area contributed by atoms with E-state index in [0.717, 1.165) is 38.9 Å². The number of hydrogen-bond donors (Lipinski definition) is 0. The van der Waals surface area contributed by atoms with Crippen molar-refractivity contribution < 1.29 is 4.79 Å². The lowest BCUT2D eigenvalue weighted by atomic mass is 10.1. The van der Waals surface area contributed by atoms with Crippen molar-refractivity contribution >= 4 is 5.78 Å². The summed E-state index contributed by atoms with van der Waals surface area (Å²) in [6, 6.07) is 0.211. The van der Waals surface area contributed by atoms with E-state index in [-0.39, 0.29) is 6.04 Å². The van der Waals surface area contributed by atoms with E-state index in [1.54, 1.807) is 0 Å². The van der Waals surface area contributed by atoms with Gasteiger partial charge in [-0.15, -0.1) is 0 Å². The Morgan fingerprint density at radius 1 is 1.31 bits per heavy atom. The molecule has 0 aromatic carbocycles. The van der Waals surface area contributed by atoms with Crippen LogP contribution in [0.15, 0.2) is 0 Å². The molecule has 1 rings (SSSR count). The maximum absolute atomic E-state index is 11.8. The Labute approximate surface area is 99.8 Å². The van der Waals surface area contributed by atoms with Crippen LogP contribution in [0.1, 0.15) is 33.1 Å². The molecule has 0 heterocycles. The van der Waals surface area contributed by atoms with Gasteiger partial charge in [-0.3, -0.25) is 9.69 Å². The molecule has 1 atom stereocenters. The van der Waals surface area contributed by atoms with E-state index in [4.69, 9.17) is 0 Å². The van der Waals surface area contributed by atoms with Crippen LogP contribution in [0, 0.1) is 5.92 Å². The standard InChI is InChI=1S/C13H26N2O/c1-11(2)10-15(9-8-14(3)4)12-6-5-7-13(12)16/h11-12H,5-10H2,1-4H3. The first-order valence-corrected chi connectivity index (χ1v) is 6.42. The van der Waals surface area contributed by atoms with Gasteiger partial charge in [0, 0.05) is 26.1 Å². The van der Waals surface area contributed by atoms with Crippen molar-refractivity contribution in [3.05, 3.63) is 0 Å². The van der Waals surface area contributed by atoms with E-state index in [1.165, 1.54) is 0 Å². The molecule has 0 radical (unpaired) electrons. The number of carbonyl (C=O) groups is 1. The van der Waals surface area contributed by atoms with Crippen LogP contribution in [0.5, 0.6) is 0 Å². The summed E-state index contributed by atoms with van der Waals surface area (Å²) in [4.78, 5) is 16.4. The second-order valence-electron chi connectivity index (χ2n) is 5.57. The Kier molecular flexibility index (Phi) is 5.42. The molecule has 0 saturated heterocycles. The van der Waals surface area contributed by atoms with Crippen molar-refractivity contribution in [1.82, 2.24) is 9.80 Å². The highest BCUT2D eigenvalue weighted by atomic mass is 16.1. The third-order valence-electron chi connectivity index (χ3n) is 3.15. The lowest BCUT2D eigenvalue weighted by Gasteiger charge is -2.30. The van der Waals surface area contributed by atoms with Gasteiger partial charge in [-0.1, -0.05) is 13.8 Å². The van der Waals surface area contributed by atoms with Crippen LogP contribution in [0.4, 0.5) is 0 Å². The van der Waals surface area contributed by atoms with E-state index in [0.29, 0.717) is 11.7 Å². The van der Waals surface area contributed by atoms with Crippen LogP contribution >= 0.6 is 0 Å². The van der Waals surface area contributed by atoms with Gasteiger partial charge in [-0.25, -0.2) is 0 Å². The minimum absolute atomic E-state index is 0.211. The van der Waals surface area contributed by atoms with Crippen molar-refractivity contribution in [2.45, 2.75) is 39.2 Å². The molecule has 0 aromatic rings. The molecule has 94 valence electrons. The molecule has 0 N–H and O–H groups in total. The zero-order valence-corrected chi connectivity index (χ0v) is 11.2. The Hall–Kier alpha value is -0.410. The Bertz CT molecular complexity index is 226. The van der Waals surface area contributed by atoms with Crippen LogP contribution < -0.4 is 0 Å². The zero-order valence-electron chi connectivity index (χ0n) is 11.2. The number of nitrogens with zero attached hydrogens (tertiary/aromatic N) is 2. The van der Waals surface area contributed by atoms with Gasteiger partial charge in [0.05, 0.1) is 6.04 Å². The fourth-order valence-electron chi connectivity index (χ4n) is 2.36. The molecule has 0 bridgehead atoms. The van der Waals surface area contributed by atoms with Crippen LogP contribution in [-0.2, 0) is 4.79 Å². The van der Waals surface area contributed by atoms with E-state index in [1.807, 2.05) is 0 Å². The van der Waals surface area contributed by atoms with Crippen molar-refractivity contribution in [3.8, 4) is 0 Å². The normalized spacial score (nSPS) is 21.7. The number of carbonyl (C=O) groups excluding carboxylic acids is 1. The summed E-state index contributed by atoms with van der Waals surface area (Å²) in [5, 5.41) is 0. The topological polar surface area (TPSA) is 23.6 Å². The van der Waals surface area contributed by atoms with Gasteiger partial charge in [0.1, 0.15) is 5.78 Å². The molecular formula is C13H26N2O. The fourth-order valence-corrected chi connectivity index (χ4v) is 2.36. The minimum Gasteiger partial charge on any atom is -0.308 e. The average Bonchev–Trinajstić information content (AvgIpc) is 2.58. The highest BCUT2D eigenvalue weighted by molar-refractivity contribution is 5.85. The third kappa shape index (κ3) is 4.22. The Morgan fingerprint density at radius 3 is 2.44 bits per heavy atom. The minimum atomic E-state index is 0.211. The average molecular weight is 226 g/mol. The van der Waals surface area contributed by atoms with Crippen LogP contribution in [0.3, 0.4) is 0 Å². The first-order valence-electron chi connectivity index (χ1n) is 6.42. The van der Waals surface area contributed by atoms with Gasteiger partial charge < -0.3 is 4.90 Å². The number of hydrogen-bond acceptors (Lipinski definition) is 3. The first kappa shape index (κ1) is 13.7. The smallest absolute Gasteiger partial charge is 0.149 e. The molecule has 1 saturated carbocycles. The molecule has 1 aliphatic carbocycles. The van der Waals surface area contributed by atoms with Crippen LogP contribution in [0.2, 0.25) is 0 Å². The van der Waals surface area contributed by atoms with Gasteiger partial charge in [-0.2, -0.15) is 0 Å². The number of ketones is 1. The summed E-state index contributed by atoms with van der Waals surface area (Å²) in [5.41, 5.74) is 0.